The second-order valence-corrected chi connectivity index (χ2v) is 3.58. The predicted octanol–water partition coefficient (Wildman–Crippen LogP) is 0.938. The molecule has 17 heavy (non-hydrogen) atoms. The highest BCUT2D eigenvalue weighted by atomic mass is 16.2. The van der Waals surface area contributed by atoms with Crippen molar-refractivity contribution in [1.29, 1.82) is 0 Å². The lowest BCUT2D eigenvalue weighted by Gasteiger charge is -2.09. The summed E-state index contributed by atoms with van der Waals surface area (Å²) in [7, 11) is 0. The van der Waals surface area contributed by atoms with Crippen molar-refractivity contribution < 1.29 is 4.79 Å². The molecule has 0 saturated heterocycles. The number of hydrogen-bond acceptors (Lipinski definition) is 2. The molecule has 0 aliphatic rings. The molecule has 0 aromatic heterocycles. The molecule has 1 rings (SSSR count). The molecule has 5 heteroatoms. The molecule has 0 aliphatic heterocycles. The minimum Gasteiger partial charge on any atom is -0.370 e. The molecule has 1 aromatic rings. The number of para-hydroxylation sites is 1. The van der Waals surface area contributed by atoms with E-state index in [1.807, 2.05) is 37.3 Å². The number of rotatable bonds is 4. The van der Waals surface area contributed by atoms with Crippen molar-refractivity contribution >= 4 is 17.6 Å². The van der Waals surface area contributed by atoms with E-state index in [0.29, 0.717) is 6.54 Å². The van der Waals surface area contributed by atoms with Crippen molar-refractivity contribution in [1.82, 2.24) is 5.32 Å². The fourth-order valence-corrected chi connectivity index (χ4v) is 1.29. The summed E-state index contributed by atoms with van der Waals surface area (Å²) in [6.07, 6.45) is 0. The highest BCUT2D eigenvalue weighted by molar-refractivity contribution is 5.94. The smallest absolute Gasteiger partial charge is 0.244 e. The Morgan fingerprint density at radius 3 is 2.65 bits per heavy atom. The van der Waals surface area contributed by atoms with Gasteiger partial charge in [-0.15, -0.1) is 0 Å². The minimum absolute atomic E-state index is 0.134. The Balaban J connectivity index is 2.57. The molecule has 0 heterocycles. The summed E-state index contributed by atoms with van der Waals surface area (Å²) in [6, 6.07) is 8.95. The molecule has 4 N–H and O–H groups in total. The fourth-order valence-electron chi connectivity index (χ4n) is 1.29. The van der Waals surface area contributed by atoms with Crippen molar-refractivity contribution in [3.8, 4) is 0 Å². The molecular weight excluding hydrogens is 216 g/mol. The summed E-state index contributed by atoms with van der Waals surface area (Å²) >= 11 is 0. The van der Waals surface area contributed by atoms with E-state index < -0.39 is 6.04 Å². The number of amides is 1. The maximum Gasteiger partial charge on any atom is 0.244 e. The van der Waals surface area contributed by atoms with Gasteiger partial charge in [-0.3, -0.25) is 4.79 Å². The van der Waals surface area contributed by atoms with Crippen molar-refractivity contribution in [3.63, 3.8) is 0 Å². The largest absolute Gasteiger partial charge is 0.370 e. The summed E-state index contributed by atoms with van der Waals surface area (Å²) in [5.41, 5.74) is 6.54. The zero-order valence-corrected chi connectivity index (χ0v) is 10.1. The van der Waals surface area contributed by atoms with Crippen LogP contribution in [0, 0.1) is 0 Å². The lowest BCUT2D eigenvalue weighted by atomic mass is 10.3. The Kier molecular flexibility index (Phi) is 5.00. The average molecular weight is 234 g/mol. The molecule has 0 aliphatic carbocycles. The molecule has 0 fully saturated rings. The summed E-state index contributed by atoms with van der Waals surface area (Å²) in [6.45, 7) is 4.15. The van der Waals surface area contributed by atoms with Crippen LogP contribution in [0.5, 0.6) is 0 Å². The molecule has 1 atom stereocenters. The number of nitrogens with zero attached hydrogens (tertiary/aromatic N) is 1. The van der Waals surface area contributed by atoms with Gasteiger partial charge in [0.1, 0.15) is 6.04 Å². The Hall–Kier alpha value is -2.04. The molecule has 1 aromatic carbocycles. The number of anilines is 1. The summed E-state index contributed by atoms with van der Waals surface area (Å²) in [5.74, 6) is 0.0975. The number of carbonyl (C=O) groups excluding carboxylic acids is 1. The molecule has 0 saturated carbocycles. The third-order valence-corrected chi connectivity index (χ3v) is 2.11. The molecular formula is C12H18N4O. The van der Waals surface area contributed by atoms with E-state index in [1.54, 1.807) is 6.92 Å². The quantitative estimate of drug-likeness (QED) is 0.536. The number of nitrogens with one attached hydrogen (secondary N) is 2. The van der Waals surface area contributed by atoms with Crippen LogP contribution in [-0.2, 0) is 4.79 Å². The monoisotopic (exact) mass is 234 g/mol. The van der Waals surface area contributed by atoms with Gasteiger partial charge in [0.25, 0.3) is 0 Å². The highest BCUT2D eigenvalue weighted by Gasteiger charge is 2.10. The van der Waals surface area contributed by atoms with Gasteiger partial charge < -0.3 is 16.4 Å². The van der Waals surface area contributed by atoms with Crippen LogP contribution in [0.15, 0.2) is 35.3 Å². The van der Waals surface area contributed by atoms with Gasteiger partial charge in [-0.25, -0.2) is 4.99 Å². The number of benzene rings is 1. The lowest BCUT2D eigenvalue weighted by Crippen LogP contribution is -2.34. The molecule has 0 spiro atoms. The van der Waals surface area contributed by atoms with Crippen LogP contribution in [0.3, 0.4) is 0 Å². The normalized spacial score (nSPS) is 12.9. The van der Waals surface area contributed by atoms with Gasteiger partial charge in [0, 0.05) is 12.2 Å². The Labute approximate surface area is 101 Å². The number of carbonyl (C=O) groups is 1. The van der Waals surface area contributed by atoms with Gasteiger partial charge in [0.15, 0.2) is 5.96 Å². The Morgan fingerprint density at radius 1 is 1.41 bits per heavy atom. The standard InChI is InChI=1S/C12H18N4O/c1-3-14-11(17)9(2)15-12(13)16-10-7-5-4-6-8-10/h4-9H,3H2,1-2H3,(H,14,17)(H3,13,15,16). The number of hydrogen-bond donors (Lipinski definition) is 3. The maximum atomic E-state index is 11.4. The van der Waals surface area contributed by atoms with Gasteiger partial charge in [0.2, 0.25) is 5.91 Å². The Bertz CT molecular complexity index is 389. The molecule has 1 amide bonds. The molecule has 0 bridgehead atoms. The molecule has 1 unspecified atom stereocenters. The van der Waals surface area contributed by atoms with Crippen molar-refractivity contribution in [2.24, 2.45) is 10.7 Å². The zero-order chi connectivity index (χ0) is 12.7. The third kappa shape index (κ3) is 4.55. The zero-order valence-electron chi connectivity index (χ0n) is 10.1. The van der Waals surface area contributed by atoms with Gasteiger partial charge in [-0.1, -0.05) is 18.2 Å². The molecule has 92 valence electrons. The van der Waals surface area contributed by atoms with E-state index in [4.69, 9.17) is 5.73 Å². The minimum atomic E-state index is -0.494. The first-order valence-electron chi connectivity index (χ1n) is 5.56. The first-order valence-corrected chi connectivity index (χ1v) is 5.56. The van der Waals surface area contributed by atoms with Crippen LogP contribution in [0.4, 0.5) is 5.69 Å². The van der Waals surface area contributed by atoms with Crippen LogP contribution in [0.1, 0.15) is 13.8 Å². The van der Waals surface area contributed by atoms with E-state index in [0.717, 1.165) is 5.69 Å². The van der Waals surface area contributed by atoms with E-state index in [9.17, 15) is 4.79 Å². The SMILES string of the molecule is CCNC(=O)C(C)N=C(N)Nc1ccccc1. The number of likely N-dealkylation sites (N-methyl/N-ethyl adjacent to an activating group) is 1. The van der Waals surface area contributed by atoms with Crippen LogP contribution >= 0.6 is 0 Å². The summed E-state index contributed by atoms with van der Waals surface area (Å²) < 4.78 is 0. The first-order chi connectivity index (χ1) is 8.13. The third-order valence-electron chi connectivity index (χ3n) is 2.11. The van der Waals surface area contributed by atoms with E-state index in [2.05, 4.69) is 15.6 Å². The second kappa shape index (κ2) is 6.52. The molecule has 5 nitrogen and oxygen atoms in total. The van der Waals surface area contributed by atoms with Crippen LogP contribution in [0.25, 0.3) is 0 Å². The van der Waals surface area contributed by atoms with E-state index in [-0.39, 0.29) is 11.9 Å². The van der Waals surface area contributed by atoms with Gasteiger partial charge in [-0.05, 0) is 26.0 Å². The summed E-state index contributed by atoms with van der Waals surface area (Å²) in [5, 5.41) is 5.60. The van der Waals surface area contributed by atoms with Crippen LogP contribution < -0.4 is 16.4 Å². The average Bonchev–Trinajstić information content (AvgIpc) is 2.30. The number of guanidine groups is 1. The Morgan fingerprint density at radius 2 is 2.06 bits per heavy atom. The maximum absolute atomic E-state index is 11.4. The van der Waals surface area contributed by atoms with Crippen molar-refractivity contribution in [2.75, 3.05) is 11.9 Å². The molecule has 0 radical (unpaired) electrons. The topological polar surface area (TPSA) is 79.5 Å². The highest BCUT2D eigenvalue weighted by Crippen LogP contribution is 2.04. The number of aliphatic imine (C=N–C) groups is 1. The van der Waals surface area contributed by atoms with E-state index >= 15 is 0 Å². The van der Waals surface area contributed by atoms with E-state index in [1.165, 1.54) is 0 Å². The lowest BCUT2D eigenvalue weighted by molar-refractivity contribution is -0.121. The van der Waals surface area contributed by atoms with Crippen molar-refractivity contribution in [3.05, 3.63) is 30.3 Å². The van der Waals surface area contributed by atoms with Crippen LogP contribution in [0.2, 0.25) is 0 Å². The first kappa shape index (κ1) is 13.0. The second-order valence-electron chi connectivity index (χ2n) is 3.58. The number of nitrogens with two attached hydrogens (primary N) is 1. The van der Waals surface area contributed by atoms with Gasteiger partial charge in [-0.2, -0.15) is 0 Å². The van der Waals surface area contributed by atoms with Crippen molar-refractivity contribution in [2.45, 2.75) is 19.9 Å². The van der Waals surface area contributed by atoms with Gasteiger partial charge in [0.05, 0.1) is 0 Å². The van der Waals surface area contributed by atoms with Gasteiger partial charge >= 0.3 is 0 Å². The predicted molar refractivity (Wildman–Crippen MR) is 69.8 cm³/mol. The van der Waals surface area contributed by atoms with Crippen LogP contribution in [-0.4, -0.2) is 24.5 Å². The summed E-state index contributed by atoms with van der Waals surface area (Å²) in [4.78, 5) is 15.5. The fraction of sp³-hybridized carbons (Fsp3) is 0.333.